The molecule has 0 saturated carbocycles. The monoisotopic (exact) mass is 278 g/mol. The summed E-state index contributed by atoms with van der Waals surface area (Å²) < 4.78 is 4.92. The van der Waals surface area contributed by atoms with Crippen LogP contribution in [0, 0.1) is 0 Å². The molecule has 6 heteroatoms. The minimum absolute atomic E-state index is 0.0467. The van der Waals surface area contributed by atoms with Crippen LogP contribution in [-0.4, -0.2) is 23.1 Å². The Morgan fingerprint density at radius 3 is 2.74 bits per heavy atom. The number of phenolic OH excluding ortho intramolecular Hbond substituents is 1. The molecule has 1 aromatic carbocycles. The number of carbonyl (C=O) groups excluding carboxylic acids is 1. The Hall–Kier alpha value is -2.27. The van der Waals surface area contributed by atoms with Crippen LogP contribution in [0.1, 0.15) is 10.4 Å². The molecule has 1 heterocycles. The summed E-state index contributed by atoms with van der Waals surface area (Å²) in [5.41, 5.74) is 0.831. The molecule has 19 heavy (non-hydrogen) atoms. The van der Waals surface area contributed by atoms with E-state index in [4.69, 9.17) is 16.3 Å². The third-order valence-corrected chi connectivity index (χ3v) is 2.65. The maximum atomic E-state index is 11.9. The number of anilines is 1. The molecule has 0 aliphatic heterocycles. The number of aromatic hydroxyl groups is 1. The highest BCUT2D eigenvalue weighted by molar-refractivity contribution is 6.29. The van der Waals surface area contributed by atoms with Crippen LogP contribution in [0.3, 0.4) is 0 Å². The van der Waals surface area contributed by atoms with Crippen LogP contribution in [-0.2, 0) is 0 Å². The van der Waals surface area contributed by atoms with Crippen LogP contribution in [0.5, 0.6) is 11.5 Å². The number of rotatable bonds is 3. The standard InChI is InChI=1S/C13H11ClN2O3/c1-19-11-4-3-9(6-10(11)17)16-13(18)8-2-5-12(14)15-7-8/h2-7,17H,1H3,(H,16,18). The van der Waals surface area contributed by atoms with Crippen molar-refractivity contribution in [1.29, 1.82) is 0 Å². The summed E-state index contributed by atoms with van der Waals surface area (Å²) in [6.45, 7) is 0. The van der Waals surface area contributed by atoms with Gasteiger partial charge in [0.25, 0.3) is 5.91 Å². The first-order valence-electron chi connectivity index (χ1n) is 5.40. The predicted molar refractivity (Wildman–Crippen MR) is 71.9 cm³/mol. The van der Waals surface area contributed by atoms with Gasteiger partial charge in [-0.1, -0.05) is 11.6 Å². The Kier molecular flexibility index (Phi) is 3.87. The number of halogens is 1. The lowest BCUT2D eigenvalue weighted by Gasteiger charge is -2.08. The van der Waals surface area contributed by atoms with Gasteiger partial charge in [-0.25, -0.2) is 4.98 Å². The lowest BCUT2D eigenvalue weighted by atomic mass is 10.2. The van der Waals surface area contributed by atoms with E-state index in [0.29, 0.717) is 22.2 Å². The molecular weight excluding hydrogens is 268 g/mol. The van der Waals surface area contributed by atoms with Crippen LogP contribution < -0.4 is 10.1 Å². The SMILES string of the molecule is COc1ccc(NC(=O)c2ccc(Cl)nc2)cc1O. The van der Waals surface area contributed by atoms with E-state index < -0.39 is 0 Å². The van der Waals surface area contributed by atoms with Crippen molar-refractivity contribution in [2.45, 2.75) is 0 Å². The van der Waals surface area contributed by atoms with Gasteiger partial charge < -0.3 is 15.2 Å². The number of carbonyl (C=O) groups is 1. The fraction of sp³-hybridized carbons (Fsp3) is 0.0769. The van der Waals surface area contributed by atoms with Gasteiger partial charge in [-0.3, -0.25) is 4.79 Å². The number of hydrogen-bond acceptors (Lipinski definition) is 4. The number of amides is 1. The highest BCUT2D eigenvalue weighted by Gasteiger charge is 2.08. The topological polar surface area (TPSA) is 71.5 Å². The van der Waals surface area contributed by atoms with Crippen molar-refractivity contribution >= 4 is 23.2 Å². The van der Waals surface area contributed by atoms with Crippen molar-refractivity contribution in [3.8, 4) is 11.5 Å². The van der Waals surface area contributed by atoms with E-state index in [9.17, 15) is 9.90 Å². The number of pyridine rings is 1. The van der Waals surface area contributed by atoms with Crippen LogP contribution >= 0.6 is 11.6 Å². The number of aromatic nitrogens is 1. The lowest BCUT2D eigenvalue weighted by Crippen LogP contribution is -2.12. The number of nitrogens with zero attached hydrogens (tertiary/aromatic N) is 1. The molecule has 0 atom stereocenters. The number of ether oxygens (including phenoxy) is 1. The second-order valence-electron chi connectivity index (χ2n) is 3.71. The number of nitrogens with one attached hydrogen (secondary N) is 1. The van der Waals surface area contributed by atoms with Crippen molar-refractivity contribution in [2.24, 2.45) is 0 Å². The molecule has 0 bridgehead atoms. The van der Waals surface area contributed by atoms with E-state index in [1.807, 2.05) is 0 Å². The summed E-state index contributed by atoms with van der Waals surface area (Å²) in [6.07, 6.45) is 1.38. The molecule has 0 radical (unpaired) electrons. The average molecular weight is 279 g/mol. The Balaban J connectivity index is 2.14. The van der Waals surface area contributed by atoms with E-state index in [-0.39, 0.29) is 11.7 Å². The molecule has 2 rings (SSSR count). The normalized spacial score (nSPS) is 10.0. The molecule has 0 spiro atoms. The summed E-state index contributed by atoms with van der Waals surface area (Å²) in [5.74, 6) is -0.0468. The molecule has 1 aromatic heterocycles. The van der Waals surface area contributed by atoms with Crippen LogP contribution in [0.25, 0.3) is 0 Å². The van der Waals surface area contributed by atoms with Gasteiger partial charge in [0.05, 0.1) is 12.7 Å². The summed E-state index contributed by atoms with van der Waals surface area (Å²) in [6, 6.07) is 7.68. The summed E-state index contributed by atoms with van der Waals surface area (Å²) in [4.78, 5) is 15.7. The van der Waals surface area contributed by atoms with Gasteiger partial charge in [0.2, 0.25) is 0 Å². The minimum atomic E-state index is -0.339. The smallest absolute Gasteiger partial charge is 0.257 e. The minimum Gasteiger partial charge on any atom is -0.504 e. The number of phenols is 1. The highest BCUT2D eigenvalue weighted by atomic mass is 35.5. The molecule has 98 valence electrons. The summed E-state index contributed by atoms with van der Waals surface area (Å²) in [7, 11) is 1.45. The Morgan fingerprint density at radius 1 is 1.37 bits per heavy atom. The van der Waals surface area contributed by atoms with Crippen molar-refractivity contribution in [3.63, 3.8) is 0 Å². The van der Waals surface area contributed by atoms with Crippen molar-refractivity contribution in [1.82, 2.24) is 4.98 Å². The van der Waals surface area contributed by atoms with Gasteiger partial charge in [-0.05, 0) is 24.3 Å². The maximum absolute atomic E-state index is 11.9. The van der Waals surface area contributed by atoms with Crippen LogP contribution in [0.15, 0.2) is 36.5 Å². The number of methoxy groups -OCH3 is 1. The zero-order chi connectivity index (χ0) is 13.8. The predicted octanol–water partition coefficient (Wildman–Crippen LogP) is 2.70. The quantitative estimate of drug-likeness (QED) is 0.847. The first-order valence-corrected chi connectivity index (χ1v) is 5.78. The maximum Gasteiger partial charge on any atom is 0.257 e. The van der Waals surface area contributed by atoms with E-state index in [1.54, 1.807) is 18.2 Å². The molecular formula is C13H11ClN2O3. The average Bonchev–Trinajstić information content (AvgIpc) is 2.39. The fourth-order valence-electron chi connectivity index (χ4n) is 1.48. The Morgan fingerprint density at radius 2 is 2.16 bits per heavy atom. The van der Waals surface area contributed by atoms with Gasteiger partial charge in [-0.2, -0.15) is 0 Å². The molecule has 0 saturated heterocycles. The van der Waals surface area contributed by atoms with Crippen LogP contribution in [0.2, 0.25) is 5.15 Å². The molecule has 2 N–H and O–H groups in total. The fourth-order valence-corrected chi connectivity index (χ4v) is 1.59. The molecule has 0 aliphatic carbocycles. The highest BCUT2D eigenvalue weighted by Crippen LogP contribution is 2.28. The van der Waals surface area contributed by atoms with Crippen molar-refractivity contribution in [2.75, 3.05) is 12.4 Å². The number of hydrogen-bond donors (Lipinski definition) is 2. The molecule has 0 unspecified atom stereocenters. The van der Waals surface area contributed by atoms with Crippen LogP contribution in [0.4, 0.5) is 5.69 Å². The zero-order valence-electron chi connectivity index (χ0n) is 10.1. The summed E-state index contributed by atoms with van der Waals surface area (Å²) in [5, 5.41) is 12.6. The third kappa shape index (κ3) is 3.14. The van der Waals surface area contributed by atoms with Crippen molar-refractivity contribution < 1.29 is 14.6 Å². The second kappa shape index (κ2) is 5.58. The Bertz CT molecular complexity index is 599. The lowest BCUT2D eigenvalue weighted by molar-refractivity contribution is 0.102. The largest absolute Gasteiger partial charge is 0.504 e. The van der Waals surface area contributed by atoms with Gasteiger partial charge in [0, 0.05) is 18.0 Å². The summed E-state index contributed by atoms with van der Waals surface area (Å²) >= 11 is 5.64. The van der Waals surface area contributed by atoms with E-state index in [0.717, 1.165) is 0 Å². The van der Waals surface area contributed by atoms with E-state index in [1.165, 1.54) is 25.4 Å². The Labute approximate surface area is 114 Å². The number of benzene rings is 1. The third-order valence-electron chi connectivity index (χ3n) is 2.43. The van der Waals surface area contributed by atoms with E-state index >= 15 is 0 Å². The first-order chi connectivity index (χ1) is 9.10. The van der Waals surface area contributed by atoms with Gasteiger partial charge in [-0.15, -0.1) is 0 Å². The van der Waals surface area contributed by atoms with Gasteiger partial charge >= 0.3 is 0 Å². The second-order valence-corrected chi connectivity index (χ2v) is 4.10. The first kappa shape index (κ1) is 13.2. The molecule has 0 aliphatic rings. The zero-order valence-corrected chi connectivity index (χ0v) is 10.8. The van der Waals surface area contributed by atoms with E-state index in [2.05, 4.69) is 10.3 Å². The molecule has 2 aromatic rings. The van der Waals surface area contributed by atoms with Gasteiger partial charge in [0.1, 0.15) is 5.15 Å². The van der Waals surface area contributed by atoms with Crippen molar-refractivity contribution in [3.05, 3.63) is 47.2 Å². The molecule has 1 amide bonds. The molecule has 0 fully saturated rings. The van der Waals surface area contributed by atoms with Gasteiger partial charge in [0.15, 0.2) is 11.5 Å². The molecule has 5 nitrogen and oxygen atoms in total.